The van der Waals surface area contributed by atoms with E-state index in [0.29, 0.717) is 6.61 Å². The molecule has 0 aliphatic carbocycles. The van der Waals surface area contributed by atoms with Crippen molar-refractivity contribution in [1.82, 2.24) is 0 Å². The second kappa shape index (κ2) is 9.86. The summed E-state index contributed by atoms with van der Waals surface area (Å²) in [6.07, 6.45) is 5.38. The molecular weight excluding hydrogens is 342 g/mol. The minimum Gasteiger partial charge on any atom is -0.494 e. The summed E-state index contributed by atoms with van der Waals surface area (Å²) in [6, 6.07) is 21.1. The maximum atomic E-state index is 13.0. The average Bonchev–Trinajstić information content (AvgIpc) is 2.70. The van der Waals surface area contributed by atoms with Gasteiger partial charge in [0, 0.05) is 0 Å². The molecule has 0 amide bonds. The van der Waals surface area contributed by atoms with E-state index in [-0.39, 0.29) is 11.6 Å². The van der Waals surface area contributed by atoms with Crippen LogP contribution in [0.15, 0.2) is 72.8 Å². The van der Waals surface area contributed by atoms with E-state index in [1.165, 1.54) is 29.8 Å². The van der Waals surface area contributed by atoms with Gasteiger partial charge in [-0.2, -0.15) is 0 Å². The summed E-state index contributed by atoms with van der Waals surface area (Å²) < 4.78 is 31.6. The van der Waals surface area contributed by atoms with E-state index in [1.54, 1.807) is 12.1 Å². The van der Waals surface area contributed by atoms with Crippen molar-refractivity contribution in [3.05, 3.63) is 90.0 Å². The van der Waals surface area contributed by atoms with E-state index in [1.807, 2.05) is 36.4 Å². The third-order valence-electron chi connectivity index (χ3n) is 4.57. The number of rotatable bonds is 9. The van der Waals surface area contributed by atoms with E-state index in [2.05, 4.69) is 0 Å². The zero-order valence-electron chi connectivity index (χ0n) is 15.3. The van der Waals surface area contributed by atoms with Crippen LogP contribution in [0.25, 0.3) is 11.1 Å². The standard InChI is InChI=1S/C24H24F2O/c25-22-12-6-19(7-13-22)5-3-1-2-4-18-27-24-16-10-21(11-17-24)20-8-14-23(26)15-9-20/h6-17H,1-5,18H2. The zero-order valence-corrected chi connectivity index (χ0v) is 15.3. The van der Waals surface area contributed by atoms with Crippen LogP contribution in [-0.2, 0) is 6.42 Å². The number of hydrogen-bond donors (Lipinski definition) is 0. The summed E-state index contributed by atoms with van der Waals surface area (Å²) in [4.78, 5) is 0. The molecule has 0 unspecified atom stereocenters. The van der Waals surface area contributed by atoms with Crippen molar-refractivity contribution in [2.45, 2.75) is 32.1 Å². The van der Waals surface area contributed by atoms with Gasteiger partial charge in [-0.15, -0.1) is 0 Å². The van der Waals surface area contributed by atoms with Gasteiger partial charge in [0.15, 0.2) is 0 Å². The fourth-order valence-electron chi connectivity index (χ4n) is 3.01. The van der Waals surface area contributed by atoms with Crippen LogP contribution in [0, 0.1) is 11.6 Å². The molecule has 0 atom stereocenters. The SMILES string of the molecule is Fc1ccc(CCCCCCOc2ccc(-c3ccc(F)cc3)cc2)cc1. The molecule has 3 aromatic rings. The Morgan fingerprint density at radius 2 is 1.07 bits per heavy atom. The van der Waals surface area contributed by atoms with Gasteiger partial charge in [-0.25, -0.2) is 8.78 Å². The number of halogens is 2. The van der Waals surface area contributed by atoms with Crippen molar-refractivity contribution >= 4 is 0 Å². The predicted octanol–water partition coefficient (Wildman–Crippen LogP) is 6.81. The minimum atomic E-state index is -0.226. The molecule has 0 radical (unpaired) electrons. The summed E-state index contributed by atoms with van der Waals surface area (Å²) in [6.45, 7) is 0.701. The topological polar surface area (TPSA) is 9.23 Å². The molecular formula is C24H24F2O. The van der Waals surface area contributed by atoms with Crippen molar-refractivity contribution in [2.75, 3.05) is 6.61 Å². The number of benzene rings is 3. The van der Waals surface area contributed by atoms with Gasteiger partial charge in [0.05, 0.1) is 6.61 Å². The Kier molecular flexibility index (Phi) is 6.97. The van der Waals surface area contributed by atoms with Crippen molar-refractivity contribution in [2.24, 2.45) is 0 Å². The van der Waals surface area contributed by atoms with Crippen molar-refractivity contribution in [3.8, 4) is 16.9 Å². The quantitative estimate of drug-likeness (QED) is 0.378. The van der Waals surface area contributed by atoms with Gasteiger partial charge in [-0.05, 0) is 72.4 Å². The average molecular weight is 366 g/mol. The van der Waals surface area contributed by atoms with Crippen LogP contribution in [0.5, 0.6) is 5.75 Å². The highest BCUT2D eigenvalue weighted by Crippen LogP contribution is 2.22. The molecule has 140 valence electrons. The van der Waals surface area contributed by atoms with E-state index in [0.717, 1.165) is 49.0 Å². The summed E-state index contributed by atoms with van der Waals surface area (Å²) in [5.41, 5.74) is 3.22. The second-order valence-electron chi connectivity index (χ2n) is 6.67. The zero-order chi connectivity index (χ0) is 18.9. The summed E-state index contributed by atoms with van der Waals surface area (Å²) in [5.74, 6) is 0.449. The number of ether oxygens (including phenoxy) is 1. The lowest BCUT2D eigenvalue weighted by atomic mass is 10.1. The molecule has 27 heavy (non-hydrogen) atoms. The van der Waals surface area contributed by atoms with E-state index >= 15 is 0 Å². The number of aryl methyl sites for hydroxylation is 1. The summed E-state index contributed by atoms with van der Waals surface area (Å²) in [5, 5.41) is 0. The van der Waals surface area contributed by atoms with Crippen LogP contribution in [-0.4, -0.2) is 6.61 Å². The summed E-state index contributed by atoms with van der Waals surface area (Å²) >= 11 is 0. The Balaban J connectivity index is 1.32. The smallest absolute Gasteiger partial charge is 0.123 e. The van der Waals surface area contributed by atoms with Crippen LogP contribution < -0.4 is 4.74 Å². The Morgan fingerprint density at radius 3 is 1.70 bits per heavy atom. The van der Waals surface area contributed by atoms with Crippen LogP contribution in [0.4, 0.5) is 8.78 Å². The van der Waals surface area contributed by atoms with Gasteiger partial charge in [0.25, 0.3) is 0 Å². The van der Waals surface area contributed by atoms with Gasteiger partial charge in [0.1, 0.15) is 17.4 Å². The maximum Gasteiger partial charge on any atom is 0.123 e. The third kappa shape index (κ3) is 6.21. The minimum absolute atomic E-state index is 0.179. The molecule has 1 nitrogen and oxygen atoms in total. The van der Waals surface area contributed by atoms with Crippen molar-refractivity contribution < 1.29 is 13.5 Å². The molecule has 0 saturated heterocycles. The first-order valence-corrected chi connectivity index (χ1v) is 9.44. The lowest BCUT2D eigenvalue weighted by Crippen LogP contribution is -1.97. The van der Waals surface area contributed by atoms with Gasteiger partial charge < -0.3 is 4.74 Å². The Bertz CT molecular complexity index is 809. The van der Waals surface area contributed by atoms with Crippen LogP contribution in [0.1, 0.15) is 31.2 Å². The van der Waals surface area contributed by atoms with E-state index < -0.39 is 0 Å². The highest BCUT2D eigenvalue weighted by molar-refractivity contribution is 5.63. The molecule has 0 aliphatic rings. The highest BCUT2D eigenvalue weighted by atomic mass is 19.1. The molecule has 3 rings (SSSR count). The van der Waals surface area contributed by atoms with E-state index in [9.17, 15) is 8.78 Å². The molecule has 0 fully saturated rings. The van der Waals surface area contributed by atoms with Crippen LogP contribution in [0.3, 0.4) is 0 Å². The molecule has 0 aliphatic heterocycles. The molecule has 0 spiro atoms. The molecule has 3 heteroatoms. The molecule has 0 heterocycles. The monoisotopic (exact) mass is 366 g/mol. The Labute approximate surface area is 159 Å². The predicted molar refractivity (Wildman–Crippen MR) is 106 cm³/mol. The fraction of sp³-hybridized carbons (Fsp3) is 0.250. The van der Waals surface area contributed by atoms with Crippen LogP contribution in [0.2, 0.25) is 0 Å². The third-order valence-corrected chi connectivity index (χ3v) is 4.57. The second-order valence-corrected chi connectivity index (χ2v) is 6.67. The first kappa shape index (κ1) is 19.1. The number of unbranched alkanes of at least 4 members (excludes halogenated alkanes) is 3. The van der Waals surface area contributed by atoms with Gasteiger partial charge in [0.2, 0.25) is 0 Å². The normalized spacial score (nSPS) is 10.7. The molecule has 0 saturated carbocycles. The largest absolute Gasteiger partial charge is 0.494 e. The first-order valence-electron chi connectivity index (χ1n) is 9.44. The van der Waals surface area contributed by atoms with Crippen LogP contribution >= 0.6 is 0 Å². The lowest BCUT2D eigenvalue weighted by molar-refractivity contribution is 0.304. The molecule has 0 aromatic heterocycles. The molecule has 3 aromatic carbocycles. The summed E-state index contributed by atoms with van der Waals surface area (Å²) in [7, 11) is 0. The van der Waals surface area contributed by atoms with E-state index in [4.69, 9.17) is 4.74 Å². The highest BCUT2D eigenvalue weighted by Gasteiger charge is 2.00. The fourth-order valence-corrected chi connectivity index (χ4v) is 3.01. The van der Waals surface area contributed by atoms with Gasteiger partial charge in [-0.3, -0.25) is 0 Å². The molecule has 0 N–H and O–H groups in total. The first-order chi connectivity index (χ1) is 13.2. The maximum absolute atomic E-state index is 13.0. The van der Waals surface area contributed by atoms with Gasteiger partial charge in [-0.1, -0.05) is 49.2 Å². The Hall–Kier alpha value is -2.68. The molecule has 0 bridgehead atoms. The van der Waals surface area contributed by atoms with Crippen molar-refractivity contribution in [3.63, 3.8) is 0 Å². The Morgan fingerprint density at radius 1 is 0.556 bits per heavy atom. The van der Waals surface area contributed by atoms with Crippen molar-refractivity contribution in [1.29, 1.82) is 0 Å². The number of hydrogen-bond acceptors (Lipinski definition) is 1. The van der Waals surface area contributed by atoms with Gasteiger partial charge >= 0.3 is 0 Å². The lowest BCUT2D eigenvalue weighted by Gasteiger charge is -2.08.